The van der Waals surface area contributed by atoms with E-state index in [9.17, 15) is 9.59 Å². The van der Waals surface area contributed by atoms with Gasteiger partial charge in [-0.2, -0.15) is 0 Å². The summed E-state index contributed by atoms with van der Waals surface area (Å²) in [5, 5.41) is 2.87. The van der Waals surface area contributed by atoms with Crippen LogP contribution in [0.4, 0.5) is 0 Å². The molecule has 0 aromatic rings. The molecule has 3 heteroatoms. The molecule has 0 saturated heterocycles. The summed E-state index contributed by atoms with van der Waals surface area (Å²) in [5.41, 5.74) is -0.400. The van der Waals surface area contributed by atoms with E-state index in [0.717, 1.165) is 12.8 Å². The first-order valence-corrected chi connectivity index (χ1v) is 5.64. The molecule has 1 amide bonds. The van der Waals surface area contributed by atoms with Crippen LogP contribution in [-0.4, -0.2) is 17.2 Å². The zero-order valence-electron chi connectivity index (χ0n) is 10.1. The zero-order chi connectivity index (χ0) is 11.6. The van der Waals surface area contributed by atoms with Crippen molar-refractivity contribution in [2.45, 2.75) is 52.5 Å². The van der Waals surface area contributed by atoms with Crippen molar-refractivity contribution in [3.8, 4) is 0 Å². The first-order chi connectivity index (χ1) is 6.83. The molecule has 15 heavy (non-hydrogen) atoms. The highest BCUT2D eigenvalue weighted by Crippen LogP contribution is 2.32. The largest absolute Gasteiger partial charge is 0.351 e. The van der Waals surface area contributed by atoms with E-state index in [2.05, 4.69) is 12.2 Å². The zero-order valence-corrected chi connectivity index (χ0v) is 10.1. The van der Waals surface area contributed by atoms with Gasteiger partial charge < -0.3 is 5.32 Å². The molecule has 0 radical (unpaired) electrons. The molecule has 1 aliphatic carbocycles. The van der Waals surface area contributed by atoms with Gasteiger partial charge in [0.05, 0.1) is 0 Å². The molecule has 3 nitrogen and oxygen atoms in total. The Balaban J connectivity index is 2.70. The van der Waals surface area contributed by atoms with Crippen LogP contribution in [-0.2, 0) is 9.59 Å². The summed E-state index contributed by atoms with van der Waals surface area (Å²) in [6.07, 6.45) is 2.64. The maximum Gasteiger partial charge on any atom is 0.217 e. The SMILES string of the molecule is CC(=O)NC(C)(C)[C@@H]1CC[C@@H](C)CC1=O. The third-order valence-electron chi connectivity index (χ3n) is 3.26. The van der Waals surface area contributed by atoms with Crippen molar-refractivity contribution >= 4 is 11.7 Å². The number of Topliss-reactive ketones (excluding diaryl/α,β-unsaturated/α-hetero) is 1. The summed E-state index contributed by atoms with van der Waals surface area (Å²) < 4.78 is 0. The Kier molecular flexibility index (Phi) is 3.53. The third kappa shape index (κ3) is 3.05. The van der Waals surface area contributed by atoms with Crippen molar-refractivity contribution in [2.24, 2.45) is 11.8 Å². The van der Waals surface area contributed by atoms with Gasteiger partial charge in [0, 0.05) is 24.8 Å². The van der Waals surface area contributed by atoms with Crippen molar-refractivity contribution < 1.29 is 9.59 Å². The Labute approximate surface area is 91.6 Å². The van der Waals surface area contributed by atoms with Crippen LogP contribution in [0.2, 0.25) is 0 Å². The van der Waals surface area contributed by atoms with Crippen LogP contribution >= 0.6 is 0 Å². The molecule has 0 unspecified atom stereocenters. The molecule has 1 fully saturated rings. The molecule has 0 aromatic carbocycles. The molecule has 1 saturated carbocycles. The van der Waals surface area contributed by atoms with E-state index in [0.29, 0.717) is 18.1 Å². The Morgan fingerprint density at radius 2 is 2.00 bits per heavy atom. The van der Waals surface area contributed by atoms with Gasteiger partial charge in [-0.1, -0.05) is 6.92 Å². The van der Waals surface area contributed by atoms with Crippen LogP contribution in [0.25, 0.3) is 0 Å². The third-order valence-corrected chi connectivity index (χ3v) is 3.26. The average Bonchev–Trinajstić information content (AvgIpc) is 1.99. The molecule has 0 aliphatic heterocycles. The molecular weight excluding hydrogens is 190 g/mol. The van der Waals surface area contributed by atoms with Crippen LogP contribution in [0, 0.1) is 11.8 Å². The quantitative estimate of drug-likeness (QED) is 0.758. The standard InChI is InChI=1S/C12H21NO2/c1-8-5-6-10(11(15)7-8)12(3,4)13-9(2)14/h8,10H,5-7H2,1-4H3,(H,13,14)/t8-,10-/m1/s1. The Bertz CT molecular complexity index is 271. The summed E-state index contributed by atoms with van der Waals surface area (Å²) in [4.78, 5) is 22.9. The van der Waals surface area contributed by atoms with Gasteiger partial charge in [0.25, 0.3) is 0 Å². The predicted molar refractivity (Wildman–Crippen MR) is 59.4 cm³/mol. The molecule has 1 rings (SSSR count). The van der Waals surface area contributed by atoms with Crippen LogP contribution < -0.4 is 5.32 Å². The lowest BCUT2D eigenvalue weighted by atomic mass is 9.73. The highest BCUT2D eigenvalue weighted by atomic mass is 16.1. The second-order valence-corrected chi connectivity index (χ2v) is 5.31. The maximum absolute atomic E-state index is 11.9. The molecular formula is C12H21NO2. The Morgan fingerprint density at radius 1 is 1.40 bits per heavy atom. The number of rotatable bonds is 2. The van der Waals surface area contributed by atoms with Gasteiger partial charge in [-0.15, -0.1) is 0 Å². The number of nitrogens with one attached hydrogen (secondary N) is 1. The van der Waals surface area contributed by atoms with E-state index in [-0.39, 0.29) is 11.8 Å². The van der Waals surface area contributed by atoms with E-state index in [4.69, 9.17) is 0 Å². The lowest BCUT2D eigenvalue weighted by Gasteiger charge is -2.37. The van der Waals surface area contributed by atoms with Crippen LogP contribution in [0.3, 0.4) is 0 Å². The first-order valence-electron chi connectivity index (χ1n) is 5.64. The van der Waals surface area contributed by atoms with E-state index >= 15 is 0 Å². The van der Waals surface area contributed by atoms with E-state index in [1.165, 1.54) is 6.92 Å². The molecule has 0 bridgehead atoms. The molecule has 86 valence electrons. The van der Waals surface area contributed by atoms with Crippen molar-refractivity contribution in [3.05, 3.63) is 0 Å². The number of carbonyl (C=O) groups is 2. The molecule has 2 atom stereocenters. The minimum atomic E-state index is -0.400. The van der Waals surface area contributed by atoms with Gasteiger partial charge in [-0.3, -0.25) is 9.59 Å². The summed E-state index contributed by atoms with van der Waals surface area (Å²) in [7, 11) is 0. The van der Waals surface area contributed by atoms with Crippen molar-refractivity contribution in [1.29, 1.82) is 0 Å². The monoisotopic (exact) mass is 211 g/mol. The summed E-state index contributed by atoms with van der Waals surface area (Å²) in [6, 6.07) is 0. The lowest BCUT2D eigenvalue weighted by Crippen LogP contribution is -2.52. The first kappa shape index (κ1) is 12.2. The molecule has 0 aromatic heterocycles. The van der Waals surface area contributed by atoms with Gasteiger partial charge in [0.2, 0.25) is 5.91 Å². The van der Waals surface area contributed by atoms with Crippen LogP contribution in [0.1, 0.15) is 47.0 Å². The maximum atomic E-state index is 11.9. The normalized spacial score (nSPS) is 27.6. The van der Waals surface area contributed by atoms with Gasteiger partial charge in [0.15, 0.2) is 0 Å². The smallest absolute Gasteiger partial charge is 0.217 e. The average molecular weight is 211 g/mol. The Hall–Kier alpha value is -0.860. The highest BCUT2D eigenvalue weighted by Gasteiger charge is 2.38. The minimum absolute atomic E-state index is 0.0161. The topological polar surface area (TPSA) is 46.2 Å². The number of amides is 1. The predicted octanol–water partition coefficient (Wildman–Crippen LogP) is 1.91. The van der Waals surface area contributed by atoms with E-state index in [1.54, 1.807) is 0 Å². The molecule has 1 N–H and O–H groups in total. The lowest BCUT2D eigenvalue weighted by molar-refractivity contribution is -0.130. The van der Waals surface area contributed by atoms with Gasteiger partial charge >= 0.3 is 0 Å². The van der Waals surface area contributed by atoms with Crippen molar-refractivity contribution in [2.75, 3.05) is 0 Å². The number of hydrogen-bond donors (Lipinski definition) is 1. The fraction of sp³-hybridized carbons (Fsp3) is 0.833. The van der Waals surface area contributed by atoms with Gasteiger partial charge in [-0.25, -0.2) is 0 Å². The fourth-order valence-corrected chi connectivity index (χ4v) is 2.50. The number of ketones is 1. The van der Waals surface area contributed by atoms with Crippen molar-refractivity contribution in [1.82, 2.24) is 5.32 Å². The van der Waals surface area contributed by atoms with Gasteiger partial charge in [-0.05, 0) is 32.6 Å². The fourth-order valence-electron chi connectivity index (χ4n) is 2.50. The van der Waals surface area contributed by atoms with Crippen LogP contribution in [0.15, 0.2) is 0 Å². The van der Waals surface area contributed by atoms with E-state index < -0.39 is 5.54 Å². The summed E-state index contributed by atoms with van der Waals surface area (Å²) in [6.45, 7) is 7.48. The van der Waals surface area contributed by atoms with Gasteiger partial charge in [0.1, 0.15) is 5.78 Å². The second kappa shape index (κ2) is 4.33. The number of carbonyl (C=O) groups excluding carboxylic acids is 2. The molecule has 0 spiro atoms. The summed E-state index contributed by atoms with van der Waals surface area (Å²) in [5.74, 6) is 0.721. The highest BCUT2D eigenvalue weighted by molar-refractivity contribution is 5.84. The number of hydrogen-bond acceptors (Lipinski definition) is 2. The van der Waals surface area contributed by atoms with Crippen molar-refractivity contribution in [3.63, 3.8) is 0 Å². The Morgan fingerprint density at radius 3 is 2.47 bits per heavy atom. The van der Waals surface area contributed by atoms with E-state index in [1.807, 2.05) is 13.8 Å². The molecule has 0 heterocycles. The molecule has 1 aliphatic rings. The van der Waals surface area contributed by atoms with Crippen LogP contribution in [0.5, 0.6) is 0 Å². The summed E-state index contributed by atoms with van der Waals surface area (Å²) >= 11 is 0. The minimum Gasteiger partial charge on any atom is -0.351 e. The second-order valence-electron chi connectivity index (χ2n) is 5.31.